The van der Waals surface area contributed by atoms with Gasteiger partial charge in [-0.25, -0.2) is 4.68 Å². The molecule has 0 aliphatic heterocycles. The van der Waals surface area contributed by atoms with Crippen LogP contribution in [0.1, 0.15) is 11.1 Å². The summed E-state index contributed by atoms with van der Waals surface area (Å²) in [6, 6.07) is 22.5. The van der Waals surface area contributed by atoms with E-state index in [2.05, 4.69) is 20.9 Å². The van der Waals surface area contributed by atoms with Crippen LogP contribution in [0.4, 0.5) is 5.69 Å². The molecule has 0 unspecified atom stereocenters. The average Bonchev–Trinajstić information content (AvgIpc) is 3.45. The lowest BCUT2D eigenvalue weighted by molar-refractivity contribution is -0.384. The van der Waals surface area contributed by atoms with Crippen molar-refractivity contribution >= 4 is 50.1 Å². The first-order chi connectivity index (χ1) is 16.6. The van der Waals surface area contributed by atoms with Crippen molar-refractivity contribution in [3.05, 3.63) is 115 Å². The Balaban J connectivity index is 1.58. The molecule has 0 radical (unpaired) electrons. The molecule has 0 aliphatic rings. The van der Waals surface area contributed by atoms with E-state index in [1.807, 2.05) is 60.1 Å². The summed E-state index contributed by atoms with van der Waals surface area (Å²) >= 11 is 5.01. The van der Waals surface area contributed by atoms with Crippen LogP contribution in [0.2, 0.25) is 0 Å². The fraction of sp³-hybridized carbons (Fsp3) is 0.0400. The van der Waals surface area contributed by atoms with Crippen molar-refractivity contribution in [1.82, 2.24) is 9.66 Å². The lowest BCUT2D eigenvalue weighted by atomic mass is 10.1. The Morgan fingerprint density at radius 2 is 1.88 bits per heavy atom. The monoisotopic (exact) mass is 531 g/mol. The topological polar surface area (TPSA) is 88.6 Å². The Hall–Kier alpha value is -3.82. The zero-order valence-electron chi connectivity index (χ0n) is 17.8. The van der Waals surface area contributed by atoms with Gasteiger partial charge in [0.2, 0.25) is 4.80 Å². The summed E-state index contributed by atoms with van der Waals surface area (Å²) in [6.45, 7) is 0.524. The van der Waals surface area contributed by atoms with Gasteiger partial charge < -0.3 is 4.98 Å². The summed E-state index contributed by atoms with van der Waals surface area (Å²) in [5, 5.41) is 18.9. The van der Waals surface area contributed by atoms with Crippen LogP contribution in [-0.2, 0) is 6.54 Å². The molecule has 5 aromatic rings. The number of nitrogens with zero attached hydrogens (tertiary/aromatic N) is 4. The van der Waals surface area contributed by atoms with E-state index in [0.29, 0.717) is 6.54 Å². The first-order valence-electron chi connectivity index (χ1n) is 10.4. The van der Waals surface area contributed by atoms with Gasteiger partial charge in [0, 0.05) is 50.2 Å². The molecular weight excluding hydrogens is 514 g/mol. The largest absolute Gasteiger partial charge is 0.361 e. The van der Waals surface area contributed by atoms with Crippen LogP contribution in [0.5, 0.6) is 0 Å². The zero-order chi connectivity index (χ0) is 23.5. The Morgan fingerprint density at radius 3 is 2.65 bits per heavy atom. The maximum atomic E-state index is 11.1. The van der Waals surface area contributed by atoms with E-state index in [4.69, 9.17) is 10.1 Å². The molecule has 0 amide bonds. The summed E-state index contributed by atoms with van der Waals surface area (Å²) in [5.74, 6) is 0. The Bertz CT molecular complexity index is 1570. The first kappa shape index (κ1) is 22.0. The van der Waals surface area contributed by atoms with Crippen LogP contribution in [0, 0.1) is 10.1 Å². The number of H-pyrrole nitrogens is 1. The van der Waals surface area contributed by atoms with E-state index in [1.165, 1.54) is 23.5 Å². The molecule has 3 aromatic carbocycles. The van der Waals surface area contributed by atoms with Crippen molar-refractivity contribution < 1.29 is 4.92 Å². The molecule has 0 atom stereocenters. The number of halogens is 1. The molecule has 0 bridgehead atoms. The number of rotatable bonds is 6. The van der Waals surface area contributed by atoms with Crippen molar-refractivity contribution in [1.29, 1.82) is 0 Å². The molecule has 0 spiro atoms. The number of hydrogen-bond acceptors (Lipinski definition) is 5. The van der Waals surface area contributed by atoms with E-state index in [-0.39, 0.29) is 5.69 Å². The van der Waals surface area contributed by atoms with Gasteiger partial charge in [0.1, 0.15) is 0 Å². The average molecular weight is 532 g/mol. The second-order valence-electron chi connectivity index (χ2n) is 7.50. The second kappa shape index (κ2) is 9.58. The second-order valence-corrected chi connectivity index (χ2v) is 9.25. The molecule has 0 saturated carbocycles. The molecule has 7 nitrogen and oxygen atoms in total. The van der Waals surface area contributed by atoms with E-state index >= 15 is 0 Å². The Labute approximate surface area is 207 Å². The molecule has 9 heteroatoms. The highest BCUT2D eigenvalue weighted by molar-refractivity contribution is 9.10. The first-order valence-corrected chi connectivity index (χ1v) is 12.1. The number of aromatic amines is 1. The third-order valence-corrected chi connectivity index (χ3v) is 6.63. The number of nitro benzene ring substituents is 1. The molecular formula is C25H18BrN5O2S. The third kappa shape index (κ3) is 4.61. The number of non-ortho nitro benzene ring substituents is 1. The number of thiazole rings is 1. The SMILES string of the molecule is O=[N+]([O-])c1ccc(-c2csc(=NCc3ccccc3)n2N=Cc2c[nH]c3ccc(Br)cc23)cc1. The highest BCUT2D eigenvalue weighted by Crippen LogP contribution is 2.24. The van der Waals surface area contributed by atoms with Gasteiger partial charge in [0.25, 0.3) is 5.69 Å². The highest BCUT2D eigenvalue weighted by Gasteiger charge is 2.11. The van der Waals surface area contributed by atoms with E-state index in [1.54, 1.807) is 23.0 Å². The van der Waals surface area contributed by atoms with Gasteiger partial charge in [-0.3, -0.25) is 15.1 Å². The number of aromatic nitrogens is 2. The zero-order valence-corrected chi connectivity index (χ0v) is 20.2. The molecule has 0 aliphatic carbocycles. The van der Waals surface area contributed by atoms with Crippen LogP contribution in [0.3, 0.4) is 0 Å². The minimum absolute atomic E-state index is 0.0485. The van der Waals surface area contributed by atoms with Crippen LogP contribution >= 0.6 is 27.3 Å². The predicted octanol–water partition coefficient (Wildman–Crippen LogP) is 6.35. The van der Waals surface area contributed by atoms with Gasteiger partial charge in [-0.1, -0.05) is 46.3 Å². The standard InChI is InChI=1S/C25H18BrN5O2S/c26-20-8-11-23-22(12-20)19(14-27-23)15-29-30-24(18-6-9-21(10-7-18)31(32)33)16-34-25(30)28-13-17-4-2-1-3-5-17/h1-12,14-16,27H,13H2. The van der Waals surface area contributed by atoms with Gasteiger partial charge in [-0.15, -0.1) is 11.3 Å². The smallest absolute Gasteiger partial charge is 0.269 e. The quantitative estimate of drug-likeness (QED) is 0.157. The molecule has 0 fully saturated rings. The molecule has 168 valence electrons. The van der Waals surface area contributed by atoms with Gasteiger partial charge >= 0.3 is 0 Å². The van der Waals surface area contributed by atoms with Crippen molar-refractivity contribution in [2.75, 3.05) is 0 Å². The van der Waals surface area contributed by atoms with Gasteiger partial charge in [0.05, 0.1) is 23.4 Å². The van der Waals surface area contributed by atoms with Crippen LogP contribution < -0.4 is 4.80 Å². The van der Waals surface area contributed by atoms with Gasteiger partial charge in [-0.2, -0.15) is 5.10 Å². The van der Waals surface area contributed by atoms with Crippen LogP contribution in [0.25, 0.3) is 22.2 Å². The maximum Gasteiger partial charge on any atom is 0.269 e. The summed E-state index contributed by atoms with van der Waals surface area (Å²) in [6.07, 6.45) is 3.72. The molecule has 1 N–H and O–H groups in total. The lowest BCUT2D eigenvalue weighted by Gasteiger charge is -2.04. The molecule has 2 heterocycles. The van der Waals surface area contributed by atoms with Crippen LogP contribution in [0.15, 0.2) is 98.9 Å². The van der Waals surface area contributed by atoms with Crippen molar-refractivity contribution in [3.63, 3.8) is 0 Å². The van der Waals surface area contributed by atoms with E-state index < -0.39 is 4.92 Å². The van der Waals surface area contributed by atoms with Crippen molar-refractivity contribution in [2.45, 2.75) is 6.54 Å². The Morgan fingerprint density at radius 1 is 1.09 bits per heavy atom. The summed E-state index contributed by atoms with van der Waals surface area (Å²) in [7, 11) is 0. The predicted molar refractivity (Wildman–Crippen MR) is 139 cm³/mol. The molecule has 5 rings (SSSR count). The van der Waals surface area contributed by atoms with Gasteiger partial charge in [0.15, 0.2) is 0 Å². The number of hydrogen-bond donors (Lipinski definition) is 1. The lowest BCUT2D eigenvalue weighted by Crippen LogP contribution is -2.12. The van der Waals surface area contributed by atoms with Gasteiger partial charge in [-0.05, 0) is 35.9 Å². The molecule has 34 heavy (non-hydrogen) atoms. The minimum atomic E-state index is -0.403. The van der Waals surface area contributed by atoms with Crippen molar-refractivity contribution in [2.24, 2.45) is 10.1 Å². The summed E-state index contributed by atoms with van der Waals surface area (Å²) in [5.41, 5.74) is 4.74. The fourth-order valence-electron chi connectivity index (χ4n) is 3.55. The maximum absolute atomic E-state index is 11.1. The summed E-state index contributed by atoms with van der Waals surface area (Å²) < 4.78 is 2.77. The number of fused-ring (bicyclic) bond motifs is 1. The molecule has 2 aromatic heterocycles. The Kier molecular flexibility index (Phi) is 6.20. The van der Waals surface area contributed by atoms with Crippen molar-refractivity contribution in [3.8, 4) is 11.3 Å². The van der Waals surface area contributed by atoms with E-state index in [0.717, 1.165) is 42.6 Å². The number of nitrogens with one attached hydrogen (secondary N) is 1. The van der Waals surface area contributed by atoms with E-state index in [9.17, 15) is 10.1 Å². The highest BCUT2D eigenvalue weighted by atomic mass is 79.9. The fourth-order valence-corrected chi connectivity index (χ4v) is 4.75. The normalized spacial score (nSPS) is 12.1. The minimum Gasteiger partial charge on any atom is -0.361 e. The number of nitro groups is 1. The third-order valence-electron chi connectivity index (χ3n) is 5.29. The molecule has 0 saturated heterocycles. The summed E-state index contributed by atoms with van der Waals surface area (Å²) in [4.78, 5) is 19.4. The van der Waals surface area contributed by atoms with Crippen LogP contribution in [-0.4, -0.2) is 20.8 Å². The number of benzene rings is 3.